The number of fused-ring (bicyclic) bond motifs is 2. The Morgan fingerprint density at radius 3 is 2.45 bits per heavy atom. The van der Waals surface area contributed by atoms with Crippen molar-refractivity contribution in [3.63, 3.8) is 0 Å². The first-order valence-electron chi connectivity index (χ1n) is 9.18. The maximum atomic E-state index is 13.3. The molecule has 2 aromatic carbocycles. The molecule has 4 aromatic rings. The maximum Gasteiger partial charge on any atom is 0.573 e. The zero-order valence-corrected chi connectivity index (χ0v) is 18.1. The first-order chi connectivity index (χ1) is 14.7. The lowest BCUT2D eigenvalue weighted by Gasteiger charge is -2.20. The van der Waals surface area contributed by atoms with Crippen LogP contribution in [0, 0.1) is 0 Å². The van der Waals surface area contributed by atoms with Gasteiger partial charge in [-0.05, 0) is 38.4 Å². The largest absolute Gasteiger partial charge is 0.573 e. The molecule has 0 saturated carbocycles. The Labute approximate surface area is 183 Å². The van der Waals surface area contributed by atoms with Crippen LogP contribution in [0.4, 0.5) is 18.3 Å². The van der Waals surface area contributed by atoms with E-state index in [2.05, 4.69) is 14.7 Å². The Kier molecular flexibility index (Phi) is 5.82. The van der Waals surface area contributed by atoms with E-state index in [1.54, 1.807) is 0 Å². The minimum Gasteiger partial charge on any atom is -0.406 e. The molecule has 0 atom stereocenters. The van der Waals surface area contributed by atoms with E-state index < -0.39 is 6.36 Å². The third-order valence-electron chi connectivity index (χ3n) is 4.31. The minimum atomic E-state index is -4.78. The lowest BCUT2D eigenvalue weighted by atomic mass is 10.3. The van der Waals surface area contributed by atoms with Gasteiger partial charge in [0.2, 0.25) is 0 Å². The molecule has 0 bridgehead atoms. The van der Waals surface area contributed by atoms with Crippen LogP contribution in [0.3, 0.4) is 0 Å². The number of carbonyl (C=O) groups excluding carboxylic acids is 1. The molecule has 1 amide bonds. The predicted octanol–water partition coefficient (Wildman–Crippen LogP) is 5.01. The van der Waals surface area contributed by atoms with Crippen LogP contribution in [-0.2, 0) is 0 Å². The summed E-state index contributed by atoms with van der Waals surface area (Å²) in [7, 11) is 3.78. The molecule has 0 N–H and O–H groups in total. The monoisotopic (exact) mass is 466 g/mol. The molecule has 2 aromatic heterocycles. The minimum absolute atomic E-state index is 0.297. The molecule has 31 heavy (non-hydrogen) atoms. The molecule has 6 nitrogen and oxygen atoms in total. The number of anilines is 1. The van der Waals surface area contributed by atoms with Crippen molar-refractivity contribution >= 4 is 54.1 Å². The van der Waals surface area contributed by atoms with Crippen molar-refractivity contribution < 1.29 is 22.7 Å². The van der Waals surface area contributed by atoms with Crippen molar-refractivity contribution in [2.45, 2.75) is 6.36 Å². The lowest BCUT2D eigenvalue weighted by molar-refractivity contribution is -0.274. The average molecular weight is 467 g/mol. The van der Waals surface area contributed by atoms with Crippen molar-refractivity contribution in [2.75, 3.05) is 32.1 Å². The number of aromatic nitrogens is 2. The zero-order chi connectivity index (χ0) is 22.2. The maximum absolute atomic E-state index is 13.3. The van der Waals surface area contributed by atoms with Gasteiger partial charge in [-0.2, -0.15) is 0 Å². The van der Waals surface area contributed by atoms with Gasteiger partial charge in [0.15, 0.2) is 10.1 Å². The van der Waals surface area contributed by atoms with Crippen LogP contribution in [0.1, 0.15) is 9.80 Å². The molecule has 2 heterocycles. The summed E-state index contributed by atoms with van der Waals surface area (Å²) >= 11 is 2.43. The number of benzene rings is 2. The molecule has 11 heteroatoms. The Hall–Kier alpha value is -2.76. The van der Waals surface area contributed by atoms with E-state index in [0.29, 0.717) is 33.4 Å². The van der Waals surface area contributed by atoms with Crippen molar-refractivity contribution in [2.24, 2.45) is 0 Å². The predicted molar refractivity (Wildman–Crippen MR) is 116 cm³/mol. The number of likely N-dealkylation sites (N-methyl/N-ethyl adjacent to an activating group) is 1. The number of hydrogen-bond acceptors (Lipinski definition) is 7. The molecule has 0 aliphatic carbocycles. The molecular weight excluding hydrogens is 449 g/mol. The standard InChI is InChI=1S/C20H17F3N4O2S2/c1-26(2)9-10-27(18(28)17-24-13-5-3-4-6-15(13)30-17)19-25-14-8-7-12(11-16(14)31-19)29-20(21,22)23/h3-8,11H,9-10H2,1-2H3. The second kappa shape index (κ2) is 8.40. The third kappa shape index (κ3) is 4.94. The summed E-state index contributed by atoms with van der Waals surface area (Å²) in [4.78, 5) is 25.7. The van der Waals surface area contributed by atoms with Crippen LogP contribution in [-0.4, -0.2) is 54.3 Å². The molecular formula is C20H17F3N4O2S2. The highest BCUT2D eigenvalue weighted by molar-refractivity contribution is 7.23. The highest BCUT2D eigenvalue weighted by atomic mass is 32.1. The van der Waals surface area contributed by atoms with E-state index >= 15 is 0 Å². The van der Waals surface area contributed by atoms with Gasteiger partial charge in [-0.25, -0.2) is 9.97 Å². The summed E-state index contributed by atoms with van der Waals surface area (Å²) in [6.07, 6.45) is -4.78. The van der Waals surface area contributed by atoms with Crippen LogP contribution in [0.25, 0.3) is 20.4 Å². The van der Waals surface area contributed by atoms with Gasteiger partial charge in [0.05, 0.1) is 20.4 Å². The van der Waals surface area contributed by atoms with E-state index in [1.165, 1.54) is 34.4 Å². The van der Waals surface area contributed by atoms with Gasteiger partial charge in [0.25, 0.3) is 5.91 Å². The molecule has 0 unspecified atom stereocenters. The molecule has 0 aliphatic heterocycles. The number of hydrogen-bond donors (Lipinski definition) is 0. The topological polar surface area (TPSA) is 58.6 Å². The Balaban J connectivity index is 1.69. The van der Waals surface area contributed by atoms with Crippen molar-refractivity contribution in [1.29, 1.82) is 0 Å². The smallest absolute Gasteiger partial charge is 0.406 e. The fraction of sp³-hybridized carbons (Fsp3) is 0.250. The van der Waals surface area contributed by atoms with E-state index in [1.807, 2.05) is 43.3 Å². The van der Waals surface area contributed by atoms with Crippen LogP contribution < -0.4 is 9.64 Å². The van der Waals surface area contributed by atoms with E-state index in [4.69, 9.17) is 0 Å². The number of amides is 1. The summed E-state index contributed by atoms with van der Waals surface area (Å²) in [6.45, 7) is 0.933. The molecule has 0 spiro atoms. The van der Waals surface area contributed by atoms with Crippen molar-refractivity contribution in [3.05, 3.63) is 47.5 Å². The SMILES string of the molecule is CN(C)CCN(C(=O)c1nc2ccccc2s1)c1nc2ccc(OC(F)(F)F)cc2s1. The molecule has 0 radical (unpaired) electrons. The summed E-state index contributed by atoms with van der Waals surface area (Å²) < 4.78 is 43.0. The number of thiazole rings is 2. The van der Waals surface area contributed by atoms with Gasteiger partial charge in [0.1, 0.15) is 5.75 Å². The number of halogens is 3. The van der Waals surface area contributed by atoms with Gasteiger partial charge in [-0.15, -0.1) is 24.5 Å². The van der Waals surface area contributed by atoms with Crippen molar-refractivity contribution in [3.8, 4) is 5.75 Å². The lowest BCUT2D eigenvalue weighted by Crippen LogP contribution is -2.36. The second-order valence-corrected chi connectivity index (χ2v) is 8.96. The number of ether oxygens (including phenoxy) is 1. The zero-order valence-electron chi connectivity index (χ0n) is 16.5. The van der Waals surface area contributed by atoms with Gasteiger partial charge >= 0.3 is 6.36 Å². The molecule has 4 rings (SSSR count). The summed E-state index contributed by atoms with van der Waals surface area (Å²) in [5.74, 6) is -0.624. The third-order valence-corrected chi connectivity index (χ3v) is 6.37. The van der Waals surface area contributed by atoms with E-state index in [0.717, 1.165) is 21.6 Å². The van der Waals surface area contributed by atoms with Crippen molar-refractivity contribution in [1.82, 2.24) is 14.9 Å². The van der Waals surface area contributed by atoms with Crippen LogP contribution in [0.15, 0.2) is 42.5 Å². The molecule has 0 fully saturated rings. The number of nitrogens with zero attached hydrogens (tertiary/aromatic N) is 4. The highest BCUT2D eigenvalue weighted by Gasteiger charge is 2.31. The Morgan fingerprint density at radius 1 is 1.00 bits per heavy atom. The highest BCUT2D eigenvalue weighted by Crippen LogP contribution is 2.34. The number of para-hydroxylation sites is 1. The van der Waals surface area contributed by atoms with Crippen LogP contribution >= 0.6 is 22.7 Å². The molecule has 162 valence electrons. The van der Waals surface area contributed by atoms with Gasteiger partial charge in [0, 0.05) is 19.2 Å². The van der Waals surface area contributed by atoms with Crippen LogP contribution in [0.5, 0.6) is 5.75 Å². The Bertz CT molecular complexity index is 1200. The van der Waals surface area contributed by atoms with Gasteiger partial charge in [-0.1, -0.05) is 23.5 Å². The fourth-order valence-electron chi connectivity index (χ4n) is 2.87. The Morgan fingerprint density at radius 2 is 1.74 bits per heavy atom. The first-order valence-corrected chi connectivity index (χ1v) is 10.8. The first kappa shape index (κ1) is 21.5. The molecule has 0 saturated heterocycles. The number of rotatable bonds is 6. The molecule has 0 aliphatic rings. The quantitative estimate of drug-likeness (QED) is 0.400. The average Bonchev–Trinajstić information content (AvgIpc) is 3.30. The summed E-state index contributed by atoms with van der Waals surface area (Å²) in [6, 6.07) is 11.4. The van der Waals surface area contributed by atoms with Gasteiger partial charge < -0.3 is 9.64 Å². The van der Waals surface area contributed by atoms with Gasteiger partial charge in [-0.3, -0.25) is 9.69 Å². The second-order valence-electron chi connectivity index (χ2n) is 6.92. The number of carbonyl (C=O) groups is 1. The summed E-state index contributed by atoms with van der Waals surface area (Å²) in [5, 5.41) is 0.727. The number of alkyl halides is 3. The van der Waals surface area contributed by atoms with E-state index in [-0.39, 0.29) is 11.7 Å². The summed E-state index contributed by atoms with van der Waals surface area (Å²) in [5.41, 5.74) is 1.23. The normalized spacial score (nSPS) is 12.1. The van der Waals surface area contributed by atoms with Crippen LogP contribution in [0.2, 0.25) is 0 Å². The van der Waals surface area contributed by atoms with E-state index in [9.17, 15) is 18.0 Å². The fourth-order valence-corrected chi connectivity index (χ4v) is 4.80.